The smallest absolute Gasteiger partial charge is 0.191 e. The number of fused-ring (bicyclic) bond motifs is 3. The summed E-state index contributed by atoms with van der Waals surface area (Å²) in [6, 6.07) is 6.51. The van der Waals surface area contributed by atoms with E-state index in [0.717, 1.165) is 35.3 Å². The van der Waals surface area contributed by atoms with Crippen molar-refractivity contribution in [1.29, 1.82) is 0 Å². The monoisotopic (exact) mass is 361 g/mol. The summed E-state index contributed by atoms with van der Waals surface area (Å²) < 4.78 is 13.0. The van der Waals surface area contributed by atoms with Crippen molar-refractivity contribution in [2.24, 2.45) is 0 Å². The second-order valence-corrected chi connectivity index (χ2v) is 8.15. The first-order valence-electron chi connectivity index (χ1n) is 7.86. The Morgan fingerprint density at radius 3 is 2.88 bits per heavy atom. The molecule has 0 radical (unpaired) electrons. The number of anilines is 1. The Morgan fingerprint density at radius 1 is 1.29 bits per heavy atom. The number of thioether (sulfide) groups is 1. The van der Waals surface area contributed by atoms with Crippen molar-refractivity contribution in [1.82, 2.24) is 9.97 Å². The van der Waals surface area contributed by atoms with E-state index in [1.807, 2.05) is 0 Å². The Hall–Kier alpha value is -1.70. The van der Waals surface area contributed by atoms with E-state index in [2.05, 4.69) is 12.0 Å². The van der Waals surface area contributed by atoms with Crippen LogP contribution in [0.3, 0.4) is 0 Å². The fraction of sp³-hybridized carbons (Fsp3) is 0.294. The van der Waals surface area contributed by atoms with E-state index in [1.165, 1.54) is 39.2 Å². The van der Waals surface area contributed by atoms with Crippen LogP contribution in [-0.4, -0.2) is 23.6 Å². The Morgan fingerprint density at radius 2 is 2.08 bits per heavy atom. The Labute approximate surface area is 147 Å². The number of hydrogen-bond acceptors (Lipinski definition) is 5. The molecule has 1 aliphatic heterocycles. The van der Waals surface area contributed by atoms with Gasteiger partial charge in [0.1, 0.15) is 23.0 Å². The highest BCUT2D eigenvalue weighted by atomic mass is 32.2. The van der Waals surface area contributed by atoms with E-state index in [-0.39, 0.29) is 5.82 Å². The lowest BCUT2D eigenvalue weighted by Gasteiger charge is -2.19. The fourth-order valence-electron chi connectivity index (χ4n) is 3.01. The molecule has 0 spiro atoms. The third kappa shape index (κ3) is 2.99. The van der Waals surface area contributed by atoms with E-state index >= 15 is 0 Å². The quantitative estimate of drug-likeness (QED) is 0.555. The van der Waals surface area contributed by atoms with Crippen LogP contribution >= 0.6 is 23.1 Å². The summed E-state index contributed by atoms with van der Waals surface area (Å²) >= 11 is 3.27. The van der Waals surface area contributed by atoms with Crippen molar-refractivity contribution in [2.75, 3.05) is 19.3 Å². The van der Waals surface area contributed by atoms with Crippen LogP contribution in [0.1, 0.15) is 16.0 Å². The zero-order valence-corrected chi connectivity index (χ0v) is 14.9. The lowest BCUT2D eigenvalue weighted by Crippen LogP contribution is -3.08. The maximum Gasteiger partial charge on any atom is 0.191 e. The van der Waals surface area contributed by atoms with Gasteiger partial charge in [-0.05, 0) is 23.3 Å². The van der Waals surface area contributed by atoms with E-state index in [0.29, 0.717) is 16.7 Å². The van der Waals surface area contributed by atoms with Crippen LogP contribution in [0.25, 0.3) is 10.2 Å². The molecule has 0 bridgehead atoms. The van der Waals surface area contributed by atoms with E-state index < -0.39 is 0 Å². The first kappa shape index (κ1) is 15.8. The number of nitrogens with one attached hydrogen (secondary N) is 1. The van der Waals surface area contributed by atoms with Crippen LogP contribution in [0.4, 0.5) is 10.2 Å². The van der Waals surface area contributed by atoms with Crippen molar-refractivity contribution in [3.8, 4) is 0 Å². The molecule has 3 N–H and O–H groups in total. The normalized spacial score (nSPS) is 17.2. The summed E-state index contributed by atoms with van der Waals surface area (Å²) in [5.74, 6) is 1.06. The Kier molecular flexibility index (Phi) is 4.15. The fourth-order valence-corrected chi connectivity index (χ4v) is 5.22. The molecule has 1 unspecified atom stereocenters. The van der Waals surface area contributed by atoms with Crippen molar-refractivity contribution in [3.05, 3.63) is 46.1 Å². The number of hydrogen-bond donors (Lipinski definition) is 2. The van der Waals surface area contributed by atoms with Crippen LogP contribution < -0.4 is 10.6 Å². The minimum atomic E-state index is -0.220. The minimum absolute atomic E-state index is 0.220. The summed E-state index contributed by atoms with van der Waals surface area (Å²) in [5.41, 5.74) is 8.62. The van der Waals surface area contributed by atoms with Gasteiger partial charge in [0.05, 0.1) is 23.9 Å². The molecule has 0 fully saturated rings. The summed E-state index contributed by atoms with van der Waals surface area (Å²) in [4.78, 5) is 13.1. The van der Waals surface area contributed by atoms with E-state index in [9.17, 15) is 4.39 Å². The highest BCUT2D eigenvalue weighted by Gasteiger charge is 2.24. The molecule has 3 aromatic rings. The molecule has 3 heterocycles. The molecular weight excluding hydrogens is 343 g/mol. The molecule has 0 saturated carbocycles. The highest BCUT2D eigenvalue weighted by molar-refractivity contribution is 7.98. The minimum Gasteiger partial charge on any atom is -0.383 e. The standard InChI is InChI=1S/C17H17FN4S2/c1-22-7-6-12-13(8-22)24-16-14(12)15(19)20-17(21-16)23-9-10-2-4-11(18)5-3-10/h2-5H,6-9H2,1H3,(H2,19,20,21)/p+1. The molecule has 4 nitrogen and oxygen atoms in total. The Balaban J connectivity index is 1.62. The largest absolute Gasteiger partial charge is 0.383 e. The van der Waals surface area contributed by atoms with Crippen LogP contribution in [0.5, 0.6) is 0 Å². The van der Waals surface area contributed by atoms with Gasteiger partial charge in [0.15, 0.2) is 5.16 Å². The number of quaternary nitrogens is 1. The van der Waals surface area contributed by atoms with Crippen molar-refractivity contribution < 1.29 is 9.29 Å². The van der Waals surface area contributed by atoms with Gasteiger partial charge in [-0.1, -0.05) is 23.9 Å². The summed E-state index contributed by atoms with van der Waals surface area (Å²) in [7, 11) is 2.21. The van der Waals surface area contributed by atoms with Gasteiger partial charge in [0, 0.05) is 12.2 Å². The second kappa shape index (κ2) is 6.31. The lowest BCUT2D eigenvalue weighted by molar-refractivity contribution is -0.895. The third-order valence-electron chi connectivity index (χ3n) is 4.29. The number of nitrogen functional groups attached to an aromatic ring is 1. The molecule has 0 aliphatic carbocycles. The molecular formula is C17H18FN4S2+. The molecule has 1 aromatic carbocycles. The molecule has 1 aliphatic rings. The van der Waals surface area contributed by atoms with Gasteiger partial charge < -0.3 is 10.6 Å². The zero-order chi connectivity index (χ0) is 16.7. The van der Waals surface area contributed by atoms with Gasteiger partial charge in [-0.3, -0.25) is 0 Å². The van der Waals surface area contributed by atoms with Gasteiger partial charge in [0.2, 0.25) is 0 Å². The van der Waals surface area contributed by atoms with Gasteiger partial charge in [-0.25, -0.2) is 14.4 Å². The van der Waals surface area contributed by atoms with Gasteiger partial charge in [-0.15, -0.1) is 11.3 Å². The van der Waals surface area contributed by atoms with Crippen molar-refractivity contribution in [2.45, 2.75) is 23.9 Å². The average molecular weight is 361 g/mol. The Bertz CT molecular complexity index is 892. The molecule has 124 valence electrons. The van der Waals surface area contributed by atoms with Crippen LogP contribution in [0.2, 0.25) is 0 Å². The molecule has 4 rings (SSSR count). The maximum absolute atomic E-state index is 13.0. The number of benzene rings is 1. The number of halogens is 1. The molecule has 24 heavy (non-hydrogen) atoms. The average Bonchev–Trinajstić information content (AvgIpc) is 2.92. The second-order valence-electron chi connectivity index (χ2n) is 6.12. The predicted octanol–water partition coefficient (Wildman–Crippen LogP) is 2.28. The number of likely N-dealkylation sites (N-methyl/N-ethyl adjacent to an activating group) is 1. The molecule has 0 saturated heterocycles. The molecule has 1 atom stereocenters. The van der Waals surface area contributed by atoms with Crippen molar-refractivity contribution in [3.63, 3.8) is 0 Å². The molecule has 7 heteroatoms. The van der Waals surface area contributed by atoms with Crippen LogP contribution in [0.15, 0.2) is 29.4 Å². The number of nitrogens with zero attached hydrogens (tertiary/aromatic N) is 2. The van der Waals surface area contributed by atoms with Crippen molar-refractivity contribution >= 4 is 39.1 Å². The molecule has 2 aromatic heterocycles. The summed E-state index contributed by atoms with van der Waals surface area (Å²) in [6.45, 7) is 2.16. The summed E-state index contributed by atoms with van der Waals surface area (Å²) in [5, 5.41) is 1.73. The number of nitrogens with two attached hydrogens (primary N) is 1. The first-order valence-corrected chi connectivity index (χ1v) is 9.66. The molecule has 0 amide bonds. The van der Waals surface area contributed by atoms with E-state index in [1.54, 1.807) is 23.5 Å². The number of aromatic nitrogens is 2. The number of thiophene rings is 1. The highest BCUT2D eigenvalue weighted by Crippen LogP contribution is 2.35. The van der Waals surface area contributed by atoms with Crippen LogP contribution in [0, 0.1) is 5.82 Å². The third-order valence-corrected chi connectivity index (χ3v) is 6.33. The van der Waals surface area contributed by atoms with Gasteiger partial charge in [-0.2, -0.15) is 0 Å². The SMILES string of the molecule is C[NH+]1CCc2c(sc3nc(SCc4ccc(F)cc4)nc(N)c23)C1. The topological polar surface area (TPSA) is 56.2 Å². The maximum atomic E-state index is 13.0. The predicted molar refractivity (Wildman–Crippen MR) is 97.0 cm³/mol. The van der Waals surface area contributed by atoms with Gasteiger partial charge in [0.25, 0.3) is 0 Å². The lowest BCUT2D eigenvalue weighted by atomic mass is 10.1. The first-order chi connectivity index (χ1) is 11.6. The summed E-state index contributed by atoms with van der Waals surface area (Å²) in [6.07, 6.45) is 1.04. The zero-order valence-electron chi connectivity index (χ0n) is 13.3. The van der Waals surface area contributed by atoms with Crippen LogP contribution in [-0.2, 0) is 18.7 Å². The van der Waals surface area contributed by atoms with Gasteiger partial charge >= 0.3 is 0 Å². The van der Waals surface area contributed by atoms with E-state index in [4.69, 9.17) is 10.7 Å². The number of rotatable bonds is 3.